The number of para-hydroxylation sites is 1. The van der Waals surface area contributed by atoms with Crippen LogP contribution in [0.5, 0.6) is 0 Å². The Hall–Kier alpha value is -3.46. The molecule has 0 spiro atoms. The molecule has 0 radical (unpaired) electrons. The highest BCUT2D eigenvalue weighted by atomic mass is 16.4. The van der Waals surface area contributed by atoms with E-state index in [9.17, 15) is 9.90 Å². The molecule has 4 aromatic rings. The summed E-state index contributed by atoms with van der Waals surface area (Å²) in [6.07, 6.45) is 0.885. The molecular weight excluding hydrogens is 346 g/mol. The number of carboxylic acids is 1. The Morgan fingerprint density at radius 2 is 1.54 bits per heavy atom. The summed E-state index contributed by atoms with van der Waals surface area (Å²) in [6.45, 7) is 2.12. The highest BCUT2D eigenvalue weighted by molar-refractivity contribution is 6.00. The van der Waals surface area contributed by atoms with Crippen LogP contribution in [-0.2, 0) is 17.6 Å². The number of pyridine rings is 1. The zero-order chi connectivity index (χ0) is 19.5. The summed E-state index contributed by atoms with van der Waals surface area (Å²) in [5, 5.41) is 10.6. The van der Waals surface area contributed by atoms with E-state index in [0.29, 0.717) is 0 Å². The molecule has 0 aliphatic rings. The van der Waals surface area contributed by atoms with Crippen LogP contribution in [0.1, 0.15) is 18.1 Å². The molecular formula is C25H21NO2. The number of fused-ring (bicyclic) bond motifs is 1. The SMILES string of the molecule is CCc1ccc(-c2nc3ccccc3c(-c3ccccc3)c2CC(=O)O)cc1. The van der Waals surface area contributed by atoms with Crippen LogP contribution in [0.15, 0.2) is 78.9 Å². The molecule has 0 unspecified atom stereocenters. The largest absolute Gasteiger partial charge is 0.481 e. The lowest BCUT2D eigenvalue weighted by Gasteiger charge is -2.17. The van der Waals surface area contributed by atoms with Crippen LogP contribution >= 0.6 is 0 Å². The van der Waals surface area contributed by atoms with Gasteiger partial charge in [0.05, 0.1) is 17.6 Å². The number of aryl methyl sites for hydroxylation is 1. The van der Waals surface area contributed by atoms with E-state index >= 15 is 0 Å². The van der Waals surface area contributed by atoms with Gasteiger partial charge in [0, 0.05) is 10.9 Å². The van der Waals surface area contributed by atoms with Gasteiger partial charge in [-0.15, -0.1) is 0 Å². The summed E-state index contributed by atoms with van der Waals surface area (Å²) in [5.74, 6) is -0.860. The smallest absolute Gasteiger partial charge is 0.307 e. The number of aromatic nitrogens is 1. The molecule has 3 heteroatoms. The van der Waals surface area contributed by atoms with Crippen molar-refractivity contribution in [3.63, 3.8) is 0 Å². The van der Waals surface area contributed by atoms with E-state index < -0.39 is 5.97 Å². The van der Waals surface area contributed by atoms with Crippen LogP contribution < -0.4 is 0 Å². The van der Waals surface area contributed by atoms with Gasteiger partial charge in [-0.3, -0.25) is 4.79 Å². The van der Waals surface area contributed by atoms with E-state index in [1.165, 1.54) is 5.56 Å². The minimum atomic E-state index is -0.860. The third kappa shape index (κ3) is 3.39. The van der Waals surface area contributed by atoms with Crippen LogP contribution in [0.3, 0.4) is 0 Å². The minimum absolute atomic E-state index is 0.0765. The molecule has 28 heavy (non-hydrogen) atoms. The fraction of sp³-hybridized carbons (Fsp3) is 0.120. The molecule has 0 aliphatic carbocycles. The van der Waals surface area contributed by atoms with E-state index in [0.717, 1.165) is 45.3 Å². The highest BCUT2D eigenvalue weighted by Gasteiger charge is 2.19. The number of carboxylic acid groups (broad SMARTS) is 1. The van der Waals surface area contributed by atoms with Crippen LogP contribution in [-0.4, -0.2) is 16.1 Å². The maximum atomic E-state index is 11.7. The lowest BCUT2D eigenvalue weighted by Crippen LogP contribution is -2.06. The second-order valence-electron chi connectivity index (χ2n) is 6.82. The van der Waals surface area contributed by atoms with E-state index in [1.54, 1.807) is 0 Å². The predicted molar refractivity (Wildman–Crippen MR) is 113 cm³/mol. The van der Waals surface area contributed by atoms with E-state index in [1.807, 2.05) is 66.7 Å². The average Bonchev–Trinajstić information content (AvgIpc) is 2.73. The van der Waals surface area contributed by atoms with Crippen molar-refractivity contribution >= 4 is 16.9 Å². The molecule has 0 amide bonds. The molecule has 0 saturated heterocycles. The molecule has 0 aliphatic heterocycles. The van der Waals surface area contributed by atoms with Gasteiger partial charge in [-0.2, -0.15) is 0 Å². The molecule has 0 bridgehead atoms. The first-order valence-corrected chi connectivity index (χ1v) is 9.45. The Labute approximate surface area is 164 Å². The molecule has 1 N–H and O–H groups in total. The van der Waals surface area contributed by atoms with Gasteiger partial charge < -0.3 is 5.11 Å². The van der Waals surface area contributed by atoms with Crippen molar-refractivity contribution < 1.29 is 9.90 Å². The van der Waals surface area contributed by atoms with Crippen molar-refractivity contribution in [1.82, 2.24) is 4.98 Å². The summed E-state index contributed by atoms with van der Waals surface area (Å²) in [7, 11) is 0. The van der Waals surface area contributed by atoms with Crippen molar-refractivity contribution in [3.05, 3.63) is 90.0 Å². The van der Waals surface area contributed by atoms with Gasteiger partial charge in [-0.05, 0) is 34.7 Å². The second kappa shape index (κ2) is 7.65. The number of aliphatic carboxylic acids is 1. The number of carbonyl (C=O) groups is 1. The number of benzene rings is 3. The first-order valence-electron chi connectivity index (χ1n) is 9.45. The quantitative estimate of drug-likeness (QED) is 0.488. The minimum Gasteiger partial charge on any atom is -0.481 e. The second-order valence-corrected chi connectivity index (χ2v) is 6.82. The Kier molecular flexibility index (Phi) is 4.90. The van der Waals surface area contributed by atoms with Crippen molar-refractivity contribution in [2.45, 2.75) is 19.8 Å². The molecule has 1 heterocycles. The van der Waals surface area contributed by atoms with Gasteiger partial charge in [0.2, 0.25) is 0 Å². The van der Waals surface area contributed by atoms with Gasteiger partial charge >= 0.3 is 5.97 Å². The Morgan fingerprint density at radius 1 is 0.857 bits per heavy atom. The number of nitrogens with zero attached hydrogens (tertiary/aromatic N) is 1. The Balaban J connectivity index is 2.07. The standard InChI is InChI=1S/C25H21NO2/c1-2-17-12-14-19(15-13-17)25-21(16-23(27)28)24(18-8-4-3-5-9-18)20-10-6-7-11-22(20)26-25/h3-15H,2,16H2,1H3,(H,27,28). The Bertz CT molecular complexity index is 1130. The highest BCUT2D eigenvalue weighted by Crippen LogP contribution is 2.37. The molecule has 1 aromatic heterocycles. The van der Waals surface area contributed by atoms with Gasteiger partial charge in [-0.25, -0.2) is 4.98 Å². The molecule has 4 rings (SSSR count). The van der Waals surface area contributed by atoms with E-state index in [2.05, 4.69) is 19.1 Å². The summed E-state index contributed by atoms with van der Waals surface area (Å²) in [6, 6.07) is 26.1. The zero-order valence-electron chi connectivity index (χ0n) is 15.7. The van der Waals surface area contributed by atoms with Gasteiger partial charge in [0.15, 0.2) is 0 Å². The first-order chi connectivity index (χ1) is 13.7. The van der Waals surface area contributed by atoms with Gasteiger partial charge in [0.25, 0.3) is 0 Å². The summed E-state index contributed by atoms with van der Waals surface area (Å²) in [5.41, 5.74) is 6.49. The van der Waals surface area contributed by atoms with Gasteiger partial charge in [0.1, 0.15) is 0 Å². The predicted octanol–water partition coefficient (Wildman–Crippen LogP) is 5.76. The number of hydrogen-bond acceptors (Lipinski definition) is 2. The maximum Gasteiger partial charge on any atom is 0.307 e. The van der Waals surface area contributed by atoms with Crippen molar-refractivity contribution in [2.24, 2.45) is 0 Å². The zero-order valence-corrected chi connectivity index (χ0v) is 15.7. The van der Waals surface area contributed by atoms with Crippen molar-refractivity contribution in [2.75, 3.05) is 0 Å². The molecule has 0 atom stereocenters. The first kappa shape index (κ1) is 17.9. The molecule has 138 valence electrons. The average molecular weight is 367 g/mol. The summed E-state index contributed by atoms with van der Waals surface area (Å²) in [4.78, 5) is 16.6. The van der Waals surface area contributed by atoms with Crippen LogP contribution in [0.2, 0.25) is 0 Å². The topological polar surface area (TPSA) is 50.2 Å². The van der Waals surface area contributed by atoms with Crippen LogP contribution in [0.4, 0.5) is 0 Å². The molecule has 0 fully saturated rings. The number of rotatable bonds is 5. The lowest BCUT2D eigenvalue weighted by atomic mass is 9.90. The summed E-state index contributed by atoms with van der Waals surface area (Å²) >= 11 is 0. The van der Waals surface area contributed by atoms with Crippen molar-refractivity contribution in [3.8, 4) is 22.4 Å². The third-order valence-electron chi connectivity index (χ3n) is 5.02. The van der Waals surface area contributed by atoms with E-state index in [-0.39, 0.29) is 6.42 Å². The lowest BCUT2D eigenvalue weighted by molar-refractivity contribution is -0.136. The summed E-state index contributed by atoms with van der Waals surface area (Å²) < 4.78 is 0. The monoisotopic (exact) mass is 367 g/mol. The fourth-order valence-corrected chi connectivity index (χ4v) is 3.65. The fourth-order valence-electron chi connectivity index (χ4n) is 3.65. The van der Waals surface area contributed by atoms with Crippen LogP contribution in [0.25, 0.3) is 33.3 Å². The molecule has 3 aromatic carbocycles. The molecule has 0 saturated carbocycles. The maximum absolute atomic E-state index is 11.7. The molecule has 3 nitrogen and oxygen atoms in total. The van der Waals surface area contributed by atoms with Crippen LogP contribution in [0, 0.1) is 0 Å². The third-order valence-corrected chi connectivity index (χ3v) is 5.02. The number of hydrogen-bond donors (Lipinski definition) is 1. The van der Waals surface area contributed by atoms with Gasteiger partial charge in [-0.1, -0.05) is 79.7 Å². The normalized spacial score (nSPS) is 10.9. The van der Waals surface area contributed by atoms with E-state index in [4.69, 9.17) is 4.98 Å². The van der Waals surface area contributed by atoms with Crippen molar-refractivity contribution in [1.29, 1.82) is 0 Å². The Morgan fingerprint density at radius 3 is 2.21 bits per heavy atom.